The zero-order valence-corrected chi connectivity index (χ0v) is 12.4. The smallest absolute Gasteiger partial charge is 0.281 e. The van der Waals surface area contributed by atoms with E-state index >= 15 is 0 Å². The van der Waals surface area contributed by atoms with Crippen LogP contribution >= 0.6 is 11.3 Å². The molecule has 0 radical (unpaired) electrons. The first-order chi connectivity index (χ1) is 10.3. The summed E-state index contributed by atoms with van der Waals surface area (Å²) in [6.45, 7) is 2.13. The highest BCUT2D eigenvalue weighted by Crippen LogP contribution is 2.20. The molecule has 0 aliphatic rings. The summed E-state index contributed by atoms with van der Waals surface area (Å²) in [6.07, 6.45) is 4.55. The van der Waals surface area contributed by atoms with E-state index in [1.165, 1.54) is 16.9 Å². The highest BCUT2D eigenvalue weighted by Gasteiger charge is 2.06. The number of rotatable bonds is 4. The number of H-pyrrole nitrogens is 1. The number of carbonyl (C=O) groups excluding carboxylic acids is 1. The Bertz CT molecular complexity index is 787. The number of carbonyl (C=O) groups is 1. The summed E-state index contributed by atoms with van der Waals surface area (Å²) in [6, 6.07) is 9.81. The summed E-state index contributed by atoms with van der Waals surface area (Å²) < 4.78 is 0. The summed E-state index contributed by atoms with van der Waals surface area (Å²) in [5, 5.41) is 7.02. The molecule has 3 rings (SSSR count). The molecule has 106 valence electrons. The Balaban J connectivity index is 1.79. The zero-order chi connectivity index (χ0) is 14.7. The molecule has 4 nitrogen and oxygen atoms in total. The Morgan fingerprint density at radius 2 is 2.29 bits per heavy atom. The number of benzene rings is 1. The minimum absolute atomic E-state index is 0.185. The number of para-hydroxylation sites is 1. The monoisotopic (exact) mass is 297 g/mol. The fourth-order valence-corrected chi connectivity index (χ4v) is 2.88. The van der Waals surface area contributed by atoms with Crippen molar-refractivity contribution < 1.29 is 4.79 Å². The van der Waals surface area contributed by atoms with Gasteiger partial charge >= 0.3 is 0 Å². The van der Waals surface area contributed by atoms with Gasteiger partial charge in [-0.2, -0.15) is 5.10 Å². The van der Waals surface area contributed by atoms with Gasteiger partial charge < -0.3 is 4.98 Å². The van der Waals surface area contributed by atoms with Gasteiger partial charge in [0.1, 0.15) is 0 Å². The van der Waals surface area contributed by atoms with Crippen molar-refractivity contribution in [2.24, 2.45) is 5.10 Å². The highest BCUT2D eigenvalue weighted by molar-refractivity contribution is 7.12. The van der Waals surface area contributed by atoms with Gasteiger partial charge in [-0.15, -0.1) is 11.3 Å². The molecule has 0 saturated carbocycles. The van der Waals surface area contributed by atoms with Gasteiger partial charge in [-0.3, -0.25) is 4.79 Å². The number of fused-ring (bicyclic) bond motifs is 1. The number of nitrogens with one attached hydrogen (secondary N) is 2. The molecule has 2 N–H and O–H groups in total. The van der Waals surface area contributed by atoms with Gasteiger partial charge in [0.2, 0.25) is 0 Å². The fraction of sp³-hybridized carbons (Fsp3) is 0.125. The predicted octanol–water partition coefficient (Wildman–Crippen LogP) is 3.56. The average molecular weight is 297 g/mol. The number of aromatic amines is 1. The Labute approximate surface area is 126 Å². The lowest BCUT2D eigenvalue weighted by Crippen LogP contribution is -2.15. The van der Waals surface area contributed by atoms with Crippen LogP contribution in [0.2, 0.25) is 0 Å². The maximum atomic E-state index is 11.8. The number of nitrogens with zero attached hydrogens (tertiary/aromatic N) is 1. The Morgan fingerprint density at radius 3 is 3.05 bits per heavy atom. The van der Waals surface area contributed by atoms with Crippen molar-refractivity contribution >= 4 is 34.4 Å². The van der Waals surface area contributed by atoms with Gasteiger partial charge in [0, 0.05) is 22.7 Å². The van der Waals surface area contributed by atoms with E-state index in [4.69, 9.17) is 0 Å². The van der Waals surface area contributed by atoms with E-state index in [0.29, 0.717) is 4.88 Å². The summed E-state index contributed by atoms with van der Waals surface area (Å²) in [7, 11) is 0. The number of aryl methyl sites for hydroxylation is 1. The Morgan fingerprint density at radius 1 is 1.38 bits per heavy atom. The molecule has 2 aromatic heterocycles. The molecule has 5 heteroatoms. The van der Waals surface area contributed by atoms with Crippen LogP contribution in [0.1, 0.15) is 27.7 Å². The summed E-state index contributed by atoms with van der Waals surface area (Å²) in [5.74, 6) is -0.185. The Hall–Kier alpha value is -2.40. The van der Waals surface area contributed by atoms with Crippen LogP contribution in [0, 0.1) is 0 Å². The van der Waals surface area contributed by atoms with Crippen LogP contribution in [0.15, 0.2) is 47.0 Å². The zero-order valence-electron chi connectivity index (χ0n) is 11.6. The van der Waals surface area contributed by atoms with Gasteiger partial charge in [-0.25, -0.2) is 5.43 Å². The highest BCUT2D eigenvalue weighted by atomic mass is 32.1. The van der Waals surface area contributed by atoms with Crippen molar-refractivity contribution in [2.75, 3.05) is 0 Å². The lowest BCUT2D eigenvalue weighted by molar-refractivity contribution is 0.0959. The third-order valence-corrected chi connectivity index (χ3v) is 4.20. The minimum Gasteiger partial charge on any atom is -0.360 e. The van der Waals surface area contributed by atoms with E-state index in [-0.39, 0.29) is 5.91 Å². The van der Waals surface area contributed by atoms with E-state index in [1.54, 1.807) is 12.3 Å². The van der Waals surface area contributed by atoms with E-state index in [0.717, 1.165) is 22.9 Å². The van der Waals surface area contributed by atoms with Crippen molar-refractivity contribution in [3.8, 4) is 0 Å². The van der Waals surface area contributed by atoms with Crippen molar-refractivity contribution in [3.63, 3.8) is 0 Å². The first-order valence-electron chi connectivity index (χ1n) is 6.75. The number of hydrazone groups is 1. The molecule has 0 unspecified atom stereocenters. The third-order valence-electron chi connectivity index (χ3n) is 3.33. The summed E-state index contributed by atoms with van der Waals surface area (Å²) >= 11 is 1.39. The van der Waals surface area contributed by atoms with Crippen molar-refractivity contribution in [2.45, 2.75) is 13.3 Å². The molecule has 1 aromatic carbocycles. The van der Waals surface area contributed by atoms with Crippen LogP contribution in [0.3, 0.4) is 0 Å². The molecule has 0 fully saturated rings. The van der Waals surface area contributed by atoms with Crippen LogP contribution in [-0.2, 0) is 6.42 Å². The molecule has 0 atom stereocenters. The first kappa shape index (κ1) is 13.6. The van der Waals surface area contributed by atoms with E-state index in [1.807, 2.05) is 29.8 Å². The lowest BCUT2D eigenvalue weighted by atomic mass is 10.1. The van der Waals surface area contributed by atoms with Crippen LogP contribution in [0.5, 0.6) is 0 Å². The van der Waals surface area contributed by atoms with Crippen LogP contribution in [0.4, 0.5) is 0 Å². The minimum atomic E-state index is -0.185. The Kier molecular flexibility index (Phi) is 3.83. The van der Waals surface area contributed by atoms with E-state index in [2.05, 4.69) is 28.5 Å². The molecule has 0 saturated heterocycles. The van der Waals surface area contributed by atoms with Crippen LogP contribution < -0.4 is 5.43 Å². The molecular formula is C16H15N3OS. The number of aromatic nitrogens is 1. The largest absolute Gasteiger partial charge is 0.360 e. The molecule has 3 aromatic rings. The van der Waals surface area contributed by atoms with E-state index < -0.39 is 0 Å². The second-order valence-electron chi connectivity index (χ2n) is 4.61. The van der Waals surface area contributed by atoms with Gasteiger partial charge in [0.25, 0.3) is 5.91 Å². The van der Waals surface area contributed by atoms with Crippen LogP contribution in [0.25, 0.3) is 10.9 Å². The molecule has 0 spiro atoms. The second-order valence-corrected chi connectivity index (χ2v) is 5.56. The molecule has 0 bridgehead atoms. The molecule has 2 heterocycles. The number of hydrogen-bond acceptors (Lipinski definition) is 3. The van der Waals surface area contributed by atoms with Crippen molar-refractivity contribution in [3.05, 3.63) is 57.9 Å². The second kappa shape index (κ2) is 5.93. The number of hydrogen-bond donors (Lipinski definition) is 2. The molecular weight excluding hydrogens is 282 g/mol. The standard InChI is InChI=1S/C16H15N3OS/c1-2-11-5-3-6-13-12(9-17-15(11)13)10-18-19-16(20)14-7-4-8-21-14/h3-10,17H,2H2,1H3,(H,19,20). The predicted molar refractivity (Wildman–Crippen MR) is 87.1 cm³/mol. The average Bonchev–Trinajstić information content (AvgIpc) is 3.16. The molecule has 0 aliphatic heterocycles. The van der Waals surface area contributed by atoms with Crippen molar-refractivity contribution in [1.29, 1.82) is 0 Å². The third kappa shape index (κ3) is 2.73. The number of thiophene rings is 1. The van der Waals surface area contributed by atoms with Gasteiger partial charge in [-0.1, -0.05) is 31.2 Å². The fourth-order valence-electron chi connectivity index (χ4n) is 2.26. The van der Waals surface area contributed by atoms with Gasteiger partial charge in [-0.05, 0) is 23.4 Å². The molecule has 1 amide bonds. The maximum Gasteiger partial charge on any atom is 0.281 e. The van der Waals surface area contributed by atoms with Crippen LogP contribution in [-0.4, -0.2) is 17.1 Å². The maximum absolute atomic E-state index is 11.8. The lowest BCUT2D eigenvalue weighted by Gasteiger charge is -1.99. The first-order valence-corrected chi connectivity index (χ1v) is 7.63. The van der Waals surface area contributed by atoms with Gasteiger partial charge in [0.05, 0.1) is 11.1 Å². The van der Waals surface area contributed by atoms with E-state index in [9.17, 15) is 4.79 Å². The topological polar surface area (TPSA) is 57.2 Å². The molecule has 21 heavy (non-hydrogen) atoms. The van der Waals surface area contributed by atoms with Gasteiger partial charge in [0.15, 0.2) is 0 Å². The summed E-state index contributed by atoms with van der Waals surface area (Å²) in [4.78, 5) is 15.7. The van der Waals surface area contributed by atoms with Crippen molar-refractivity contribution in [1.82, 2.24) is 10.4 Å². The quantitative estimate of drug-likeness (QED) is 0.561. The normalized spacial score (nSPS) is 11.3. The SMILES string of the molecule is CCc1cccc2c(C=NNC(=O)c3cccs3)c[nH]c12. The summed E-state index contributed by atoms with van der Waals surface area (Å²) in [5.41, 5.74) is 5.91. The molecule has 0 aliphatic carbocycles. The number of amides is 1.